The predicted molar refractivity (Wildman–Crippen MR) is 87.3 cm³/mol. The van der Waals surface area contributed by atoms with Crippen LogP contribution in [0.25, 0.3) is 11.1 Å². The zero-order chi connectivity index (χ0) is 17.9. The van der Waals surface area contributed by atoms with Crippen molar-refractivity contribution in [3.8, 4) is 11.1 Å². The van der Waals surface area contributed by atoms with Crippen LogP contribution >= 0.6 is 0 Å². The van der Waals surface area contributed by atoms with Crippen molar-refractivity contribution in [2.45, 2.75) is 37.6 Å². The van der Waals surface area contributed by atoms with Crippen molar-refractivity contribution >= 4 is 11.0 Å². The van der Waals surface area contributed by atoms with E-state index in [1.54, 1.807) is 19.1 Å². The first-order valence-electron chi connectivity index (χ1n) is 7.33. The fraction of sp³-hybridized carbons (Fsp3) is 0.375. The molecule has 0 aliphatic rings. The Morgan fingerprint density at radius 1 is 1.17 bits per heavy atom. The topological polar surface area (TPSA) is 68.9 Å². The van der Waals surface area contributed by atoms with Gasteiger partial charge in [0.05, 0.1) is 11.0 Å². The molecule has 24 heavy (non-hydrogen) atoms. The number of hydrogen-bond donors (Lipinski definition) is 1. The summed E-state index contributed by atoms with van der Waals surface area (Å²) < 4.78 is 49.4. The summed E-state index contributed by atoms with van der Waals surface area (Å²) >= 11 is 0. The van der Waals surface area contributed by atoms with Crippen LogP contribution < -0.4 is 5.14 Å². The number of pyridine rings is 2. The molecule has 0 amide bonds. The maximum absolute atomic E-state index is 12.7. The van der Waals surface area contributed by atoms with E-state index in [9.17, 15) is 17.4 Å². The smallest absolute Gasteiger partial charge is 0.260 e. The van der Waals surface area contributed by atoms with E-state index < -0.39 is 22.9 Å². The molecule has 0 aromatic carbocycles. The molecular weight excluding hydrogens is 339 g/mol. The normalized spacial score (nSPS) is 15.8. The fourth-order valence-electron chi connectivity index (χ4n) is 2.35. The van der Waals surface area contributed by atoms with Gasteiger partial charge in [0.1, 0.15) is 5.69 Å². The van der Waals surface area contributed by atoms with Crippen LogP contribution in [0.3, 0.4) is 0 Å². The second kappa shape index (κ2) is 7.40. The number of rotatable bonds is 5. The molecule has 0 saturated carbocycles. The molecule has 8 heteroatoms. The second-order valence-corrected chi connectivity index (χ2v) is 7.14. The molecule has 2 aromatic rings. The van der Waals surface area contributed by atoms with Crippen LogP contribution in [-0.4, -0.2) is 19.4 Å². The van der Waals surface area contributed by atoms with E-state index in [0.29, 0.717) is 17.5 Å². The van der Waals surface area contributed by atoms with Gasteiger partial charge in [0, 0.05) is 28.9 Å². The lowest BCUT2D eigenvalue weighted by Crippen LogP contribution is -2.20. The molecule has 130 valence electrons. The molecular formula is C16H18F3N3OS. The van der Waals surface area contributed by atoms with Crippen LogP contribution in [0.4, 0.5) is 13.2 Å². The summed E-state index contributed by atoms with van der Waals surface area (Å²) in [6.07, 6.45) is -1.20. The second-order valence-electron chi connectivity index (χ2n) is 5.68. The highest BCUT2D eigenvalue weighted by Gasteiger charge is 2.32. The first kappa shape index (κ1) is 18.5. The van der Waals surface area contributed by atoms with Crippen molar-refractivity contribution in [1.29, 1.82) is 0 Å². The van der Waals surface area contributed by atoms with Gasteiger partial charge in [-0.1, -0.05) is 13.0 Å². The molecule has 4 nitrogen and oxygen atoms in total. The van der Waals surface area contributed by atoms with E-state index in [2.05, 4.69) is 9.97 Å². The van der Waals surface area contributed by atoms with Crippen LogP contribution in [0.5, 0.6) is 0 Å². The minimum absolute atomic E-state index is 0.0460. The Labute approximate surface area is 140 Å². The number of halogens is 3. The highest BCUT2D eigenvalue weighted by atomic mass is 32.2. The van der Waals surface area contributed by atoms with Gasteiger partial charge in [0.25, 0.3) is 0 Å². The number of nitrogens with zero attached hydrogens (tertiary/aromatic N) is 2. The molecule has 2 rings (SSSR count). The van der Waals surface area contributed by atoms with Gasteiger partial charge in [-0.3, -0.25) is 15.1 Å². The summed E-state index contributed by atoms with van der Waals surface area (Å²) in [5.41, 5.74) is 0.826. The van der Waals surface area contributed by atoms with Crippen molar-refractivity contribution in [3.63, 3.8) is 0 Å². The Morgan fingerprint density at radius 2 is 1.88 bits per heavy atom. The minimum atomic E-state index is -4.48. The van der Waals surface area contributed by atoms with E-state index in [1.165, 1.54) is 12.3 Å². The number of aromatic nitrogens is 2. The van der Waals surface area contributed by atoms with E-state index in [0.717, 1.165) is 18.0 Å². The number of alkyl halides is 3. The van der Waals surface area contributed by atoms with Crippen LogP contribution in [0, 0.1) is 0 Å². The molecule has 0 spiro atoms. The first-order chi connectivity index (χ1) is 11.2. The van der Waals surface area contributed by atoms with Crippen molar-refractivity contribution in [1.82, 2.24) is 9.97 Å². The summed E-state index contributed by atoms with van der Waals surface area (Å²) in [5, 5.41) is 5.21. The summed E-state index contributed by atoms with van der Waals surface area (Å²) in [5.74, 6) is 0.0460. The molecule has 0 saturated heterocycles. The largest absolute Gasteiger partial charge is 0.433 e. The fourth-order valence-corrected chi connectivity index (χ4v) is 2.82. The van der Waals surface area contributed by atoms with Gasteiger partial charge in [-0.05, 0) is 43.0 Å². The van der Waals surface area contributed by atoms with Gasteiger partial charge in [0.2, 0.25) is 0 Å². The highest BCUT2D eigenvalue weighted by molar-refractivity contribution is 7.83. The zero-order valence-electron chi connectivity index (χ0n) is 13.2. The molecule has 0 fully saturated rings. The summed E-state index contributed by atoms with van der Waals surface area (Å²) in [4.78, 5) is 7.66. The summed E-state index contributed by atoms with van der Waals surface area (Å²) in [6.45, 7) is 3.75. The predicted octanol–water partition coefficient (Wildman–Crippen LogP) is 3.67. The van der Waals surface area contributed by atoms with Gasteiger partial charge < -0.3 is 0 Å². The Kier molecular flexibility index (Phi) is 5.71. The van der Waals surface area contributed by atoms with Gasteiger partial charge in [-0.15, -0.1) is 0 Å². The molecule has 2 aromatic heterocycles. The lowest BCUT2D eigenvalue weighted by atomic mass is 10.00. The molecule has 2 unspecified atom stereocenters. The summed E-state index contributed by atoms with van der Waals surface area (Å²) in [6, 6.07) is 5.99. The highest BCUT2D eigenvalue weighted by Crippen LogP contribution is 2.30. The van der Waals surface area contributed by atoms with E-state index >= 15 is 0 Å². The van der Waals surface area contributed by atoms with Crippen LogP contribution in [-0.2, 0) is 17.2 Å². The minimum Gasteiger partial charge on any atom is -0.260 e. The van der Waals surface area contributed by atoms with Gasteiger partial charge in [-0.25, -0.2) is 4.21 Å². The van der Waals surface area contributed by atoms with Gasteiger partial charge in [0.15, 0.2) is 0 Å². The Balaban J connectivity index is 2.19. The number of hydrogen-bond acceptors (Lipinski definition) is 3. The van der Waals surface area contributed by atoms with Gasteiger partial charge in [-0.2, -0.15) is 13.2 Å². The Hall–Kier alpha value is -1.80. The van der Waals surface area contributed by atoms with E-state index in [4.69, 9.17) is 5.14 Å². The van der Waals surface area contributed by atoms with Crippen molar-refractivity contribution in [3.05, 3.63) is 48.0 Å². The standard InChI is InChI=1S/C16H18F3N3OS/c1-10(7-11(2)24(20)23)14-4-3-13(9-22-14)12-5-6-21-15(8-12)16(17,18)19/h3-6,8-11H,7,20H2,1-2H3/t10-,11?,24?/m0/s1. The molecule has 0 bridgehead atoms. The molecule has 0 aliphatic carbocycles. The Bertz CT molecular complexity index is 719. The van der Waals surface area contributed by atoms with Gasteiger partial charge >= 0.3 is 6.18 Å². The average molecular weight is 357 g/mol. The Morgan fingerprint density at radius 3 is 2.42 bits per heavy atom. The molecule has 2 heterocycles. The maximum atomic E-state index is 12.7. The monoisotopic (exact) mass is 357 g/mol. The molecule has 0 aliphatic heterocycles. The van der Waals surface area contributed by atoms with Crippen LogP contribution in [0.2, 0.25) is 0 Å². The SMILES string of the molecule is CC(C[C@H](C)c1ccc(-c2ccnc(C(F)(F)F)c2)cn1)S(N)=O. The molecule has 3 atom stereocenters. The maximum Gasteiger partial charge on any atom is 0.433 e. The van der Waals surface area contributed by atoms with Crippen molar-refractivity contribution in [2.75, 3.05) is 0 Å². The molecule has 2 N–H and O–H groups in total. The number of nitrogens with two attached hydrogens (primary N) is 1. The van der Waals surface area contributed by atoms with Crippen molar-refractivity contribution in [2.24, 2.45) is 5.14 Å². The lowest BCUT2D eigenvalue weighted by molar-refractivity contribution is -0.141. The lowest BCUT2D eigenvalue weighted by Gasteiger charge is -2.15. The third-order valence-corrected chi connectivity index (χ3v) is 4.74. The van der Waals surface area contributed by atoms with Crippen LogP contribution in [0.15, 0.2) is 36.7 Å². The zero-order valence-corrected chi connectivity index (χ0v) is 14.1. The van der Waals surface area contributed by atoms with E-state index in [-0.39, 0.29) is 11.2 Å². The molecule has 0 radical (unpaired) electrons. The van der Waals surface area contributed by atoms with Crippen molar-refractivity contribution < 1.29 is 17.4 Å². The first-order valence-corrected chi connectivity index (χ1v) is 8.60. The van der Waals surface area contributed by atoms with E-state index in [1.807, 2.05) is 6.92 Å². The summed E-state index contributed by atoms with van der Waals surface area (Å²) in [7, 11) is -1.39. The third-order valence-electron chi connectivity index (χ3n) is 3.76. The third kappa shape index (κ3) is 4.61. The average Bonchev–Trinajstić information content (AvgIpc) is 2.54. The quantitative estimate of drug-likeness (QED) is 0.888. The van der Waals surface area contributed by atoms with Crippen LogP contribution in [0.1, 0.15) is 37.6 Å².